The second-order valence-corrected chi connectivity index (χ2v) is 13.6. The first-order valence-corrected chi connectivity index (χ1v) is 11.5. The molecule has 21 heavy (non-hydrogen) atoms. The molecule has 0 aliphatic carbocycles. The van der Waals surface area contributed by atoms with Crippen LogP contribution in [0.15, 0.2) is 12.1 Å². The molecule has 0 aliphatic rings. The van der Waals surface area contributed by atoms with Gasteiger partial charge in [0.05, 0.1) is 11.5 Å². The van der Waals surface area contributed by atoms with Gasteiger partial charge < -0.3 is 4.43 Å². The molecule has 1 aromatic rings. The van der Waals surface area contributed by atoms with Gasteiger partial charge in [-0.05, 0) is 42.6 Å². The Morgan fingerprint density at radius 3 is 2.43 bits per heavy atom. The molecular weight excluding hydrogens is 296 g/mol. The van der Waals surface area contributed by atoms with Gasteiger partial charge in [-0.1, -0.05) is 34.6 Å². The minimum atomic E-state index is -1.71. The largest absolute Gasteiger partial charge is 0.412 e. The predicted molar refractivity (Wildman–Crippen MR) is 94.7 cm³/mol. The Morgan fingerprint density at radius 1 is 1.29 bits per heavy atom. The van der Waals surface area contributed by atoms with E-state index in [0.717, 1.165) is 16.2 Å². The van der Waals surface area contributed by atoms with E-state index in [-0.39, 0.29) is 10.8 Å². The lowest BCUT2D eigenvalue weighted by Crippen LogP contribution is -2.40. The van der Waals surface area contributed by atoms with Gasteiger partial charge in [0.25, 0.3) is 0 Å². The fraction of sp³-hybridized carbons (Fsp3) is 0.706. The molecule has 120 valence electrons. The Balaban J connectivity index is 2.58. The first-order chi connectivity index (χ1) is 9.53. The Labute approximate surface area is 135 Å². The SMILES string of the molecule is CC(C)CCC(=O)c1ccc(CO[Si](C)(C)C(C)(C)C)s1. The molecule has 0 saturated heterocycles. The van der Waals surface area contributed by atoms with Crippen molar-refractivity contribution in [3.05, 3.63) is 21.9 Å². The number of hydrogen-bond donors (Lipinski definition) is 0. The number of rotatable bonds is 7. The third kappa shape index (κ3) is 5.68. The molecule has 0 amide bonds. The summed E-state index contributed by atoms with van der Waals surface area (Å²) in [5.74, 6) is 0.850. The summed E-state index contributed by atoms with van der Waals surface area (Å²) in [6.07, 6.45) is 1.62. The van der Waals surface area contributed by atoms with E-state index in [1.54, 1.807) is 11.3 Å². The molecule has 2 nitrogen and oxygen atoms in total. The summed E-state index contributed by atoms with van der Waals surface area (Å²) in [7, 11) is -1.71. The monoisotopic (exact) mass is 326 g/mol. The molecule has 0 saturated carbocycles. The topological polar surface area (TPSA) is 26.3 Å². The van der Waals surface area contributed by atoms with Gasteiger partial charge in [0.15, 0.2) is 14.1 Å². The van der Waals surface area contributed by atoms with Gasteiger partial charge in [-0.2, -0.15) is 0 Å². The molecule has 0 fully saturated rings. The Hall–Kier alpha value is -0.453. The van der Waals surface area contributed by atoms with Crippen LogP contribution in [0.25, 0.3) is 0 Å². The fourth-order valence-corrected chi connectivity index (χ4v) is 3.56. The Morgan fingerprint density at radius 2 is 1.90 bits per heavy atom. The minimum Gasteiger partial charge on any atom is -0.412 e. The highest BCUT2D eigenvalue weighted by molar-refractivity contribution is 7.14. The molecule has 0 unspecified atom stereocenters. The number of ketones is 1. The van der Waals surface area contributed by atoms with Crippen LogP contribution in [0.1, 0.15) is 62.0 Å². The summed E-state index contributed by atoms with van der Waals surface area (Å²) in [5.41, 5.74) is 0. The summed E-state index contributed by atoms with van der Waals surface area (Å²) in [6, 6.07) is 4.00. The minimum absolute atomic E-state index is 0.222. The van der Waals surface area contributed by atoms with Crippen molar-refractivity contribution in [2.24, 2.45) is 5.92 Å². The van der Waals surface area contributed by atoms with Crippen LogP contribution in [-0.4, -0.2) is 14.1 Å². The quantitative estimate of drug-likeness (QED) is 0.461. The molecule has 0 radical (unpaired) electrons. The van der Waals surface area contributed by atoms with Crippen LogP contribution < -0.4 is 0 Å². The van der Waals surface area contributed by atoms with Crippen molar-refractivity contribution < 1.29 is 9.22 Å². The van der Waals surface area contributed by atoms with Gasteiger partial charge in [0, 0.05) is 11.3 Å². The van der Waals surface area contributed by atoms with E-state index in [2.05, 4.69) is 47.7 Å². The van der Waals surface area contributed by atoms with E-state index in [4.69, 9.17) is 4.43 Å². The van der Waals surface area contributed by atoms with Crippen LogP contribution in [0.4, 0.5) is 0 Å². The molecule has 0 atom stereocenters. The molecular formula is C17H30O2SSi. The highest BCUT2D eigenvalue weighted by Crippen LogP contribution is 2.37. The van der Waals surface area contributed by atoms with Crippen LogP contribution in [-0.2, 0) is 11.0 Å². The van der Waals surface area contributed by atoms with Gasteiger partial charge >= 0.3 is 0 Å². The van der Waals surface area contributed by atoms with E-state index in [0.29, 0.717) is 18.9 Å². The van der Waals surface area contributed by atoms with E-state index < -0.39 is 8.32 Å². The normalized spacial score (nSPS) is 13.0. The Bertz CT molecular complexity index is 469. The molecule has 0 bridgehead atoms. The van der Waals surface area contributed by atoms with Gasteiger partial charge in [-0.15, -0.1) is 11.3 Å². The molecule has 1 rings (SSSR count). The van der Waals surface area contributed by atoms with Crippen LogP contribution in [0.2, 0.25) is 18.1 Å². The number of thiophene rings is 1. The first-order valence-electron chi connectivity index (χ1n) is 7.79. The van der Waals surface area contributed by atoms with Crippen molar-refractivity contribution in [3.8, 4) is 0 Å². The summed E-state index contributed by atoms with van der Waals surface area (Å²) in [5, 5.41) is 0.222. The smallest absolute Gasteiger partial charge is 0.192 e. The lowest BCUT2D eigenvalue weighted by molar-refractivity contribution is 0.0979. The standard InChI is InChI=1S/C17H30O2SSi/c1-13(2)8-10-15(18)16-11-9-14(20-16)12-19-21(6,7)17(3,4)5/h9,11,13H,8,10,12H2,1-7H3. The second kappa shape index (κ2) is 7.21. The van der Waals surface area contributed by atoms with E-state index in [9.17, 15) is 4.79 Å². The van der Waals surface area contributed by atoms with Gasteiger partial charge in [-0.25, -0.2) is 0 Å². The summed E-state index contributed by atoms with van der Waals surface area (Å²) >= 11 is 1.59. The molecule has 4 heteroatoms. The van der Waals surface area contributed by atoms with Crippen molar-refractivity contribution in [2.75, 3.05) is 0 Å². The van der Waals surface area contributed by atoms with Crippen molar-refractivity contribution in [1.29, 1.82) is 0 Å². The maximum Gasteiger partial charge on any atom is 0.192 e. The second-order valence-electron chi connectivity index (χ2n) is 7.67. The molecule has 0 aromatic carbocycles. The number of carbonyl (C=O) groups is 1. The lowest BCUT2D eigenvalue weighted by atomic mass is 10.1. The van der Waals surface area contributed by atoms with Gasteiger partial charge in [0.1, 0.15) is 0 Å². The van der Waals surface area contributed by atoms with Crippen LogP contribution >= 0.6 is 11.3 Å². The van der Waals surface area contributed by atoms with E-state index >= 15 is 0 Å². The molecule has 1 aromatic heterocycles. The zero-order valence-electron chi connectivity index (χ0n) is 14.6. The van der Waals surface area contributed by atoms with E-state index in [1.807, 2.05) is 12.1 Å². The third-order valence-electron chi connectivity index (χ3n) is 4.27. The lowest BCUT2D eigenvalue weighted by Gasteiger charge is -2.36. The van der Waals surface area contributed by atoms with Crippen molar-refractivity contribution >= 4 is 25.4 Å². The zero-order chi connectivity index (χ0) is 16.3. The zero-order valence-corrected chi connectivity index (χ0v) is 16.4. The average Bonchev–Trinajstić information content (AvgIpc) is 2.81. The maximum atomic E-state index is 12.1. The summed E-state index contributed by atoms with van der Waals surface area (Å²) < 4.78 is 6.21. The van der Waals surface area contributed by atoms with Crippen molar-refractivity contribution in [2.45, 2.75) is 72.2 Å². The van der Waals surface area contributed by atoms with Crippen LogP contribution in [0.5, 0.6) is 0 Å². The number of carbonyl (C=O) groups excluding carboxylic acids is 1. The number of Topliss-reactive ketones (excluding diaryl/α,β-unsaturated/α-hetero) is 1. The van der Waals surface area contributed by atoms with Crippen molar-refractivity contribution in [1.82, 2.24) is 0 Å². The number of hydrogen-bond acceptors (Lipinski definition) is 3. The van der Waals surface area contributed by atoms with Crippen LogP contribution in [0, 0.1) is 5.92 Å². The third-order valence-corrected chi connectivity index (χ3v) is 9.84. The first kappa shape index (κ1) is 18.6. The van der Waals surface area contributed by atoms with E-state index in [1.165, 1.54) is 0 Å². The maximum absolute atomic E-state index is 12.1. The molecule has 0 N–H and O–H groups in total. The highest BCUT2D eigenvalue weighted by atomic mass is 32.1. The fourth-order valence-electron chi connectivity index (χ4n) is 1.62. The average molecular weight is 327 g/mol. The van der Waals surface area contributed by atoms with Gasteiger partial charge in [0.2, 0.25) is 0 Å². The van der Waals surface area contributed by atoms with Crippen LogP contribution in [0.3, 0.4) is 0 Å². The predicted octanol–water partition coefficient (Wildman–Crippen LogP) is 5.89. The molecule has 0 aliphatic heterocycles. The molecule has 0 spiro atoms. The molecule has 1 heterocycles. The Kier molecular flexibility index (Phi) is 6.38. The summed E-state index contributed by atoms with van der Waals surface area (Å²) in [6.45, 7) is 16.2. The highest BCUT2D eigenvalue weighted by Gasteiger charge is 2.37. The summed E-state index contributed by atoms with van der Waals surface area (Å²) in [4.78, 5) is 14.1. The van der Waals surface area contributed by atoms with Gasteiger partial charge in [-0.3, -0.25) is 4.79 Å². The van der Waals surface area contributed by atoms with Crippen molar-refractivity contribution in [3.63, 3.8) is 0 Å².